The van der Waals surface area contributed by atoms with Crippen molar-refractivity contribution in [3.63, 3.8) is 0 Å². The van der Waals surface area contributed by atoms with Gasteiger partial charge in [-0.25, -0.2) is 4.79 Å². The van der Waals surface area contributed by atoms with Crippen LogP contribution in [-0.2, 0) is 22.8 Å². The number of carbonyl (C=O) groups excluding carboxylic acids is 1. The monoisotopic (exact) mass is 465 g/mol. The number of carboxylic acids is 1. The van der Waals surface area contributed by atoms with E-state index in [0.29, 0.717) is 5.57 Å². The molecule has 9 nitrogen and oxygen atoms in total. The molecule has 178 valence electrons. The molecule has 0 aliphatic carbocycles. The van der Waals surface area contributed by atoms with Crippen molar-refractivity contribution in [3.8, 4) is 5.75 Å². The van der Waals surface area contributed by atoms with Crippen LogP contribution >= 0.6 is 0 Å². The molecule has 1 unspecified atom stereocenters. The number of nitrogens with zero attached hydrogens (tertiary/aromatic N) is 3. The van der Waals surface area contributed by atoms with Crippen LogP contribution in [0.1, 0.15) is 21.5 Å². The quantitative estimate of drug-likeness (QED) is 0.433. The molecule has 1 aliphatic heterocycles. The van der Waals surface area contributed by atoms with Gasteiger partial charge < -0.3 is 29.6 Å². The molecule has 9 heteroatoms. The Kier molecular flexibility index (Phi) is 7.70. The van der Waals surface area contributed by atoms with Gasteiger partial charge in [0.1, 0.15) is 18.6 Å². The van der Waals surface area contributed by atoms with Crippen LogP contribution in [0.5, 0.6) is 5.75 Å². The van der Waals surface area contributed by atoms with Crippen LogP contribution in [0.4, 0.5) is 0 Å². The van der Waals surface area contributed by atoms with E-state index in [4.69, 9.17) is 14.7 Å². The second-order valence-corrected chi connectivity index (χ2v) is 7.89. The van der Waals surface area contributed by atoms with Crippen molar-refractivity contribution in [3.05, 3.63) is 89.1 Å². The number of aromatic carboxylic acids is 1. The molecule has 1 atom stereocenters. The topological polar surface area (TPSA) is 112 Å². The molecule has 34 heavy (non-hydrogen) atoms. The van der Waals surface area contributed by atoms with Gasteiger partial charge in [0.2, 0.25) is 0 Å². The zero-order valence-corrected chi connectivity index (χ0v) is 19.2. The van der Waals surface area contributed by atoms with Crippen LogP contribution in [0, 0.1) is 0 Å². The highest BCUT2D eigenvalue weighted by Gasteiger charge is 2.33. The summed E-state index contributed by atoms with van der Waals surface area (Å²) < 4.78 is 5.13. The normalized spacial score (nSPS) is 17.4. The van der Waals surface area contributed by atoms with Crippen LogP contribution in [0.25, 0.3) is 0 Å². The number of oxime groups is 1. The fraction of sp³-hybridized carbons (Fsp3) is 0.240. The Morgan fingerprint density at radius 1 is 1.09 bits per heavy atom. The molecular weight excluding hydrogens is 438 g/mol. The number of carbonyl (C=O) groups is 2. The molecule has 0 aromatic heterocycles. The van der Waals surface area contributed by atoms with E-state index in [0.717, 1.165) is 16.9 Å². The number of benzene rings is 2. The molecule has 1 heterocycles. The lowest BCUT2D eigenvalue weighted by Crippen LogP contribution is -2.47. The maximum absolute atomic E-state index is 12.5. The van der Waals surface area contributed by atoms with Crippen molar-refractivity contribution in [2.24, 2.45) is 5.16 Å². The third kappa shape index (κ3) is 6.02. The minimum atomic E-state index is -1.67. The third-order valence-corrected chi connectivity index (χ3v) is 5.18. The lowest BCUT2D eigenvalue weighted by molar-refractivity contribution is -0.124. The van der Waals surface area contributed by atoms with Gasteiger partial charge in [0.05, 0.1) is 18.2 Å². The Balaban J connectivity index is 1.77. The summed E-state index contributed by atoms with van der Waals surface area (Å²) in [5.74, 6) is -0.517. The summed E-state index contributed by atoms with van der Waals surface area (Å²) in [5, 5.41) is 24.3. The molecule has 2 N–H and O–H groups in total. The summed E-state index contributed by atoms with van der Waals surface area (Å²) >= 11 is 0. The maximum atomic E-state index is 12.5. The van der Waals surface area contributed by atoms with E-state index >= 15 is 0 Å². The van der Waals surface area contributed by atoms with Gasteiger partial charge in [0.15, 0.2) is 5.72 Å². The summed E-state index contributed by atoms with van der Waals surface area (Å²) in [6.07, 6.45) is 5.77. The van der Waals surface area contributed by atoms with Crippen LogP contribution < -0.4 is 4.74 Å². The van der Waals surface area contributed by atoms with Gasteiger partial charge in [0.25, 0.3) is 5.91 Å². The molecule has 0 bridgehead atoms. The van der Waals surface area contributed by atoms with Gasteiger partial charge in [-0.3, -0.25) is 4.79 Å². The van der Waals surface area contributed by atoms with E-state index in [1.165, 1.54) is 40.3 Å². The van der Waals surface area contributed by atoms with Crippen molar-refractivity contribution >= 4 is 18.1 Å². The molecule has 0 spiro atoms. The predicted molar refractivity (Wildman–Crippen MR) is 126 cm³/mol. The molecular formula is C25H27N3O6. The number of likely N-dealkylation sites (N-methyl/N-ethyl adjacent to an activating group) is 1. The highest BCUT2D eigenvalue weighted by molar-refractivity contribution is 5.96. The van der Waals surface area contributed by atoms with Gasteiger partial charge >= 0.3 is 5.97 Å². The number of methoxy groups -OCH3 is 1. The van der Waals surface area contributed by atoms with E-state index in [2.05, 4.69) is 5.16 Å². The number of ether oxygens (including phenoxy) is 1. The minimum Gasteiger partial charge on any atom is -0.497 e. The minimum absolute atomic E-state index is 0.157. The molecule has 2 aromatic carbocycles. The lowest BCUT2D eigenvalue weighted by Gasteiger charge is -2.36. The summed E-state index contributed by atoms with van der Waals surface area (Å²) in [4.78, 5) is 31.9. The first-order valence-corrected chi connectivity index (χ1v) is 10.5. The fourth-order valence-corrected chi connectivity index (χ4v) is 3.19. The van der Waals surface area contributed by atoms with Crippen LogP contribution in [0.2, 0.25) is 0 Å². The van der Waals surface area contributed by atoms with Gasteiger partial charge in [-0.1, -0.05) is 29.4 Å². The molecule has 0 fully saturated rings. The van der Waals surface area contributed by atoms with Gasteiger partial charge in [-0.15, -0.1) is 0 Å². The third-order valence-electron chi connectivity index (χ3n) is 5.18. The molecule has 1 aliphatic rings. The fourth-order valence-electron chi connectivity index (χ4n) is 3.19. The molecule has 0 saturated heterocycles. The van der Waals surface area contributed by atoms with Crippen molar-refractivity contribution in [2.75, 3.05) is 21.2 Å². The van der Waals surface area contributed by atoms with Crippen molar-refractivity contribution in [1.29, 1.82) is 0 Å². The maximum Gasteiger partial charge on any atom is 0.335 e. The van der Waals surface area contributed by atoms with Crippen LogP contribution in [0.3, 0.4) is 0 Å². The average Bonchev–Trinajstić information content (AvgIpc) is 2.83. The Bertz CT molecular complexity index is 1110. The van der Waals surface area contributed by atoms with Gasteiger partial charge in [-0.2, -0.15) is 0 Å². The number of carboxylic acid groups (broad SMARTS) is 1. The first-order chi connectivity index (χ1) is 16.2. The van der Waals surface area contributed by atoms with E-state index < -0.39 is 11.7 Å². The predicted octanol–water partition coefficient (Wildman–Crippen LogP) is 2.63. The Morgan fingerprint density at radius 2 is 1.74 bits per heavy atom. The summed E-state index contributed by atoms with van der Waals surface area (Å²) in [6.45, 7) is 0.382. The molecule has 0 saturated carbocycles. The number of rotatable bonds is 9. The molecule has 2 aromatic rings. The zero-order chi connectivity index (χ0) is 24.7. The lowest BCUT2D eigenvalue weighted by atomic mass is 10.0. The SMILES string of the molecule is COc1ccc(CON=CC2(O)C=CC(C(=O)N(C)C)=CN2Cc2ccc(C(=O)O)cc2)cc1. The Morgan fingerprint density at radius 3 is 2.32 bits per heavy atom. The van der Waals surface area contributed by atoms with E-state index in [1.807, 2.05) is 24.3 Å². The summed E-state index contributed by atoms with van der Waals surface area (Å²) in [7, 11) is 4.87. The Hall–Kier alpha value is -4.11. The summed E-state index contributed by atoms with van der Waals surface area (Å²) in [6, 6.07) is 13.6. The number of hydrogen-bond acceptors (Lipinski definition) is 7. The highest BCUT2D eigenvalue weighted by Crippen LogP contribution is 2.24. The standard InChI is InChI=1S/C25H27N3O6/c1-27(2)23(29)21-12-13-25(32,17-26-34-16-19-6-10-22(33-3)11-7-19)28(15-21)14-18-4-8-20(9-5-18)24(30)31/h4-13,15,17,32H,14,16H2,1-3H3,(H,30,31). The molecule has 0 radical (unpaired) electrons. The van der Waals surface area contributed by atoms with E-state index in [-0.39, 0.29) is 24.6 Å². The zero-order valence-electron chi connectivity index (χ0n) is 19.2. The average molecular weight is 466 g/mol. The number of hydrogen-bond donors (Lipinski definition) is 2. The summed E-state index contributed by atoms with van der Waals surface area (Å²) in [5.41, 5.74) is 0.480. The first kappa shape index (κ1) is 24.5. The van der Waals surface area contributed by atoms with Crippen molar-refractivity contribution in [2.45, 2.75) is 18.9 Å². The van der Waals surface area contributed by atoms with E-state index in [1.54, 1.807) is 39.5 Å². The van der Waals surface area contributed by atoms with E-state index in [9.17, 15) is 14.7 Å². The van der Waals surface area contributed by atoms with Crippen molar-refractivity contribution < 1.29 is 29.4 Å². The largest absolute Gasteiger partial charge is 0.497 e. The van der Waals surface area contributed by atoms with Crippen LogP contribution in [-0.4, -0.2) is 65.0 Å². The Labute approximate surface area is 197 Å². The highest BCUT2D eigenvalue weighted by atomic mass is 16.6. The van der Waals surface area contributed by atoms with Gasteiger partial charge in [-0.05, 0) is 47.5 Å². The van der Waals surface area contributed by atoms with Crippen molar-refractivity contribution in [1.82, 2.24) is 9.80 Å². The second-order valence-electron chi connectivity index (χ2n) is 7.89. The number of aliphatic hydroxyl groups is 1. The smallest absolute Gasteiger partial charge is 0.335 e. The molecule has 1 amide bonds. The molecule has 3 rings (SSSR count). The number of amides is 1. The van der Waals surface area contributed by atoms with Crippen LogP contribution in [0.15, 0.2) is 77.6 Å². The first-order valence-electron chi connectivity index (χ1n) is 10.5. The van der Waals surface area contributed by atoms with Gasteiger partial charge in [0, 0.05) is 26.8 Å². The second kappa shape index (κ2) is 10.7.